The van der Waals surface area contributed by atoms with Crippen LogP contribution in [0.25, 0.3) is 0 Å². The van der Waals surface area contributed by atoms with E-state index < -0.39 is 11.8 Å². The molecule has 2 aromatic rings. The molecule has 0 amide bonds. The number of unbranched alkanes of at least 4 members (excludes halogenated alkanes) is 1. The molecular weight excluding hydrogens is 382 g/mol. The Bertz CT molecular complexity index is 1120. The molecule has 1 aromatic heterocycles. The van der Waals surface area contributed by atoms with Gasteiger partial charge >= 0.3 is 5.69 Å². The lowest BCUT2D eigenvalue weighted by atomic mass is 9.72. The molecule has 0 bridgehead atoms. The topological polar surface area (TPSA) is 82.3 Å². The van der Waals surface area contributed by atoms with E-state index in [1.165, 1.54) is 7.05 Å². The highest BCUT2D eigenvalue weighted by Crippen LogP contribution is 2.45. The number of hydrogen-bond acceptors (Lipinski definition) is 5. The normalized spacial score (nSPS) is 20.1. The third-order valence-corrected chi connectivity index (χ3v) is 6.13. The molecule has 0 unspecified atom stereocenters. The van der Waals surface area contributed by atoms with Crippen LogP contribution < -0.4 is 21.3 Å². The number of methoxy groups -OCH3 is 1. The molecule has 0 spiro atoms. The number of aromatic nitrogens is 2. The van der Waals surface area contributed by atoms with Crippen LogP contribution in [0.15, 0.2) is 45.6 Å². The fraction of sp³-hybridized carbons (Fsp3) is 0.435. The first kappa shape index (κ1) is 20.2. The zero-order chi connectivity index (χ0) is 21.4. The van der Waals surface area contributed by atoms with Crippen LogP contribution in [0.4, 0.5) is 5.82 Å². The van der Waals surface area contributed by atoms with Gasteiger partial charge in [-0.1, -0.05) is 31.6 Å². The van der Waals surface area contributed by atoms with E-state index in [-0.39, 0.29) is 17.0 Å². The predicted octanol–water partition coefficient (Wildman–Crippen LogP) is 2.78. The number of hydrogen-bond donors (Lipinski definition) is 1. The van der Waals surface area contributed by atoms with Gasteiger partial charge in [0, 0.05) is 31.6 Å². The van der Waals surface area contributed by atoms with Crippen LogP contribution in [0.5, 0.6) is 5.75 Å². The van der Waals surface area contributed by atoms with Gasteiger partial charge in [0.25, 0.3) is 5.56 Å². The summed E-state index contributed by atoms with van der Waals surface area (Å²) in [7, 11) is 3.11. The number of rotatable bonds is 5. The number of ketones is 1. The van der Waals surface area contributed by atoms with Crippen molar-refractivity contribution in [3.8, 4) is 5.75 Å². The van der Waals surface area contributed by atoms with Crippen molar-refractivity contribution in [2.24, 2.45) is 13.0 Å². The van der Waals surface area contributed by atoms with Crippen molar-refractivity contribution in [2.45, 2.75) is 45.1 Å². The SMILES string of the molecule is CCCCn1c2c(c(=O)n(C)c1=O)[C@H](c1ccc(OC)cc1)[C@H]1C(=O)CCC=C1N2. The highest BCUT2D eigenvalue weighted by molar-refractivity contribution is 5.89. The summed E-state index contributed by atoms with van der Waals surface area (Å²) in [6, 6.07) is 7.48. The fourth-order valence-electron chi connectivity index (χ4n) is 4.52. The Morgan fingerprint density at radius 3 is 2.53 bits per heavy atom. The minimum absolute atomic E-state index is 0.111. The van der Waals surface area contributed by atoms with Crippen LogP contribution in [0.2, 0.25) is 0 Å². The van der Waals surface area contributed by atoms with Crippen LogP contribution in [0.3, 0.4) is 0 Å². The van der Waals surface area contributed by atoms with Crippen molar-refractivity contribution >= 4 is 11.6 Å². The molecule has 1 aliphatic carbocycles. The van der Waals surface area contributed by atoms with E-state index in [4.69, 9.17) is 4.74 Å². The fourth-order valence-corrected chi connectivity index (χ4v) is 4.52. The average molecular weight is 409 g/mol. The van der Waals surface area contributed by atoms with Gasteiger partial charge in [0.1, 0.15) is 17.4 Å². The van der Waals surface area contributed by atoms with Gasteiger partial charge in [-0.2, -0.15) is 0 Å². The number of nitrogens with zero attached hydrogens (tertiary/aromatic N) is 2. The van der Waals surface area contributed by atoms with Gasteiger partial charge in [0.05, 0.1) is 18.6 Å². The minimum atomic E-state index is -0.454. The predicted molar refractivity (Wildman–Crippen MR) is 115 cm³/mol. The third kappa shape index (κ3) is 3.18. The first-order valence-corrected chi connectivity index (χ1v) is 10.4. The van der Waals surface area contributed by atoms with E-state index in [0.29, 0.717) is 36.5 Å². The summed E-state index contributed by atoms with van der Waals surface area (Å²) < 4.78 is 8.08. The number of fused-ring (bicyclic) bond motifs is 2. The highest BCUT2D eigenvalue weighted by Gasteiger charge is 2.43. The molecule has 0 saturated carbocycles. The first-order chi connectivity index (χ1) is 14.5. The van der Waals surface area contributed by atoms with Gasteiger partial charge in [-0.25, -0.2) is 4.79 Å². The third-order valence-electron chi connectivity index (χ3n) is 6.13. The molecule has 1 aliphatic heterocycles. The van der Waals surface area contributed by atoms with Gasteiger partial charge in [-0.3, -0.25) is 18.7 Å². The lowest BCUT2D eigenvalue weighted by Crippen LogP contribution is -2.47. The molecule has 30 heavy (non-hydrogen) atoms. The quantitative estimate of drug-likeness (QED) is 0.821. The summed E-state index contributed by atoms with van der Waals surface area (Å²) in [6.07, 6.45) is 4.88. The molecule has 1 aromatic carbocycles. The molecule has 7 nitrogen and oxygen atoms in total. The second-order valence-electron chi connectivity index (χ2n) is 7.93. The number of allylic oxidation sites excluding steroid dienone is 2. The maximum absolute atomic E-state index is 13.3. The lowest BCUT2D eigenvalue weighted by molar-refractivity contribution is -0.122. The van der Waals surface area contributed by atoms with Crippen LogP contribution >= 0.6 is 0 Å². The van der Waals surface area contributed by atoms with Gasteiger partial charge in [-0.15, -0.1) is 0 Å². The van der Waals surface area contributed by atoms with E-state index >= 15 is 0 Å². The highest BCUT2D eigenvalue weighted by atomic mass is 16.5. The largest absolute Gasteiger partial charge is 0.497 e. The Labute approximate surface area is 175 Å². The van der Waals surface area contributed by atoms with Crippen molar-refractivity contribution in [2.75, 3.05) is 12.4 Å². The zero-order valence-electron chi connectivity index (χ0n) is 17.6. The molecule has 158 valence electrons. The second-order valence-corrected chi connectivity index (χ2v) is 7.93. The van der Waals surface area contributed by atoms with E-state index in [1.54, 1.807) is 11.7 Å². The number of Topliss-reactive ketones (excluding diaryl/α,β-unsaturated/α-hetero) is 1. The first-order valence-electron chi connectivity index (χ1n) is 10.4. The average Bonchev–Trinajstić information content (AvgIpc) is 2.76. The summed E-state index contributed by atoms with van der Waals surface area (Å²) in [5.41, 5.74) is 1.44. The molecule has 0 saturated heterocycles. The number of anilines is 1. The van der Waals surface area contributed by atoms with Crippen LogP contribution in [0, 0.1) is 5.92 Å². The standard InChI is InChI=1S/C23H27N3O4/c1-4-5-13-26-21-20(22(28)25(2)23(26)29)18(14-9-11-15(30-3)12-10-14)19-16(24-21)7-6-8-17(19)27/h7,9-12,18-19,24H,4-6,8,13H2,1-3H3/t18-,19-/m1/s1. The number of nitrogens with one attached hydrogen (secondary N) is 1. The summed E-state index contributed by atoms with van der Waals surface area (Å²) in [4.78, 5) is 39.2. The summed E-state index contributed by atoms with van der Waals surface area (Å²) in [6.45, 7) is 2.57. The minimum Gasteiger partial charge on any atom is -0.497 e. The molecule has 1 N–H and O–H groups in total. The van der Waals surface area contributed by atoms with Crippen molar-refractivity contribution in [3.05, 3.63) is 68.0 Å². The molecule has 0 radical (unpaired) electrons. The Kier molecular flexibility index (Phi) is 5.37. The van der Waals surface area contributed by atoms with Gasteiger partial charge in [0.2, 0.25) is 0 Å². The van der Waals surface area contributed by atoms with Crippen molar-refractivity contribution in [3.63, 3.8) is 0 Å². The number of benzene rings is 1. The van der Waals surface area contributed by atoms with Gasteiger partial charge in [0.15, 0.2) is 0 Å². The molecule has 4 rings (SSSR count). The summed E-state index contributed by atoms with van der Waals surface area (Å²) in [5, 5.41) is 3.30. The van der Waals surface area contributed by atoms with Gasteiger partial charge in [-0.05, 0) is 30.5 Å². The van der Waals surface area contributed by atoms with Crippen LogP contribution in [0.1, 0.15) is 49.7 Å². The van der Waals surface area contributed by atoms with Crippen molar-refractivity contribution < 1.29 is 9.53 Å². The van der Waals surface area contributed by atoms with E-state index in [2.05, 4.69) is 12.2 Å². The Morgan fingerprint density at radius 1 is 1.13 bits per heavy atom. The smallest absolute Gasteiger partial charge is 0.332 e. The Balaban J connectivity index is 2.00. The van der Waals surface area contributed by atoms with Gasteiger partial charge < -0.3 is 10.1 Å². The molecule has 7 heteroatoms. The Morgan fingerprint density at radius 2 is 1.87 bits per heavy atom. The van der Waals surface area contributed by atoms with E-state index in [1.807, 2.05) is 30.3 Å². The van der Waals surface area contributed by atoms with E-state index in [0.717, 1.165) is 28.7 Å². The lowest BCUT2D eigenvalue weighted by Gasteiger charge is -2.38. The number of ether oxygens (including phenoxy) is 1. The monoisotopic (exact) mass is 409 g/mol. The molecule has 0 fully saturated rings. The number of carbonyl (C=O) groups is 1. The zero-order valence-corrected chi connectivity index (χ0v) is 17.6. The molecule has 2 heterocycles. The molecular formula is C23H27N3O4. The van der Waals surface area contributed by atoms with Crippen molar-refractivity contribution in [1.29, 1.82) is 0 Å². The van der Waals surface area contributed by atoms with E-state index in [9.17, 15) is 14.4 Å². The Hall–Kier alpha value is -3.09. The number of carbonyl (C=O) groups excluding carboxylic acids is 1. The maximum atomic E-state index is 13.3. The second kappa shape index (κ2) is 7.97. The van der Waals surface area contributed by atoms with Crippen LogP contribution in [-0.2, 0) is 18.4 Å². The molecule has 2 atom stereocenters. The van der Waals surface area contributed by atoms with Crippen LogP contribution in [-0.4, -0.2) is 22.0 Å². The maximum Gasteiger partial charge on any atom is 0.332 e. The van der Waals surface area contributed by atoms with Crippen molar-refractivity contribution in [1.82, 2.24) is 9.13 Å². The summed E-state index contributed by atoms with van der Waals surface area (Å²) >= 11 is 0. The summed E-state index contributed by atoms with van der Waals surface area (Å²) in [5.74, 6) is 0.441. The molecule has 2 aliphatic rings.